The summed E-state index contributed by atoms with van der Waals surface area (Å²) in [6.07, 6.45) is 7.78. The Hall–Kier alpha value is -1.80. The van der Waals surface area contributed by atoms with E-state index in [-0.39, 0.29) is 18.3 Å². The Balaban J connectivity index is 0.000000129. The smallest absolute Gasteiger partial charge is 0.420 e. The maximum Gasteiger partial charge on any atom is 0.459 e. The molecular formula is C37H51B4N3O3PS+. The molecule has 2 unspecified atom stereocenters. The van der Waals surface area contributed by atoms with Gasteiger partial charge in [0.1, 0.15) is 17.4 Å². The molecule has 6 aliphatic heterocycles. The minimum absolute atomic E-state index is 0.0856. The minimum Gasteiger partial charge on any atom is -0.420 e. The van der Waals surface area contributed by atoms with Crippen molar-refractivity contribution < 1.29 is 14.0 Å². The van der Waals surface area contributed by atoms with E-state index < -0.39 is 6.58 Å². The fraction of sp³-hybridized carbons (Fsp3) is 0.514. The molecule has 0 amide bonds. The summed E-state index contributed by atoms with van der Waals surface area (Å²) in [5.41, 5.74) is 3.46. The third kappa shape index (κ3) is 8.00. The molecule has 0 aromatic heterocycles. The maximum atomic E-state index is 6.61. The van der Waals surface area contributed by atoms with Crippen LogP contribution in [0.3, 0.4) is 0 Å². The molecule has 6 fully saturated rings. The van der Waals surface area contributed by atoms with Gasteiger partial charge in [0.15, 0.2) is 0 Å². The number of hydrogen-bond donors (Lipinski definition) is 0. The van der Waals surface area contributed by atoms with Gasteiger partial charge in [0, 0.05) is 24.7 Å². The first-order chi connectivity index (χ1) is 23.7. The van der Waals surface area contributed by atoms with Crippen LogP contribution >= 0.6 is 6.58 Å². The number of rotatable bonds is 3. The Labute approximate surface area is 304 Å². The van der Waals surface area contributed by atoms with Crippen LogP contribution in [0.1, 0.15) is 62.1 Å². The molecule has 12 heteroatoms. The summed E-state index contributed by atoms with van der Waals surface area (Å²) in [4.78, 5) is 7.45. The zero-order chi connectivity index (χ0) is 34.4. The molecule has 6 nitrogen and oxygen atoms in total. The summed E-state index contributed by atoms with van der Waals surface area (Å²) in [6.45, 7) is 12.4. The molecule has 0 N–H and O–H groups in total. The highest BCUT2D eigenvalue weighted by atomic mass is 32.4. The zero-order valence-electron chi connectivity index (χ0n) is 29.8. The average molecular weight is 692 g/mol. The van der Waals surface area contributed by atoms with Crippen LogP contribution in [0, 0.1) is 0 Å². The lowest BCUT2D eigenvalue weighted by molar-refractivity contribution is 0.0842. The molecule has 0 aliphatic carbocycles. The summed E-state index contributed by atoms with van der Waals surface area (Å²) < 4.78 is 18.1. The average Bonchev–Trinajstić information content (AvgIpc) is 3.97. The van der Waals surface area contributed by atoms with E-state index in [4.69, 9.17) is 21.5 Å². The molecule has 2 radical (unpaired) electrons. The van der Waals surface area contributed by atoms with Crippen LogP contribution in [0.2, 0.25) is 13.6 Å². The maximum absolute atomic E-state index is 6.61. The lowest BCUT2D eigenvalue weighted by Crippen LogP contribution is -2.41. The van der Waals surface area contributed by atoms with Crippen LogP contribution < -0.4 is 0 Å². The summed E-state index contributed by atoms with van der Waals surface area (Å²) >= 11 is 4.46. The van der Waals surface area contributed by atoms with E-state index in [1.807, 2.05) is 6.66 Å². The first-order valence-electron chi connectivity index (χ1n) is 18.2. The lowest BCUT2D eigenvalue weighted by Gasteiger charge is -2.36. The highest BCUT2D eigenvalue weighted by Gasteiger charge is 2.56. The van der Waals surface area contributed by atoms with E-state index in [1.54, 1.807) is 0 Å². The highest BCUT2D eigenvalue weighted by Crippen LogP contribution is 2.48. The molecule has 254 valence electrons. The molecule has 5 atom stereocenters. The van der Waals surface area contributed by atoms with Gasteiger partial charge in [0.25, 0.3) is 0 Å². The monoisotopic (exact) mass is 692 g/mol. The molecular weight excluding hydrogens is 641 g/mol. The SMILES string of the molecule is CB1OC(c2ccccc2)(c2ccccc2)[C@H]2CCCN12.CB1OC[C@@H]2CCCN12.CC1(c2ccccc2)OBN2CCC[C@H]21.[B][P+](C)=S. The van der Waals surface area contributed by atoms with Gasteiger partial charge in [0.2, 0.25) is 0 Å². The predicted molar refractivity (Wildman–Crippen MR) is 211 cm³/mol. The summed E-state index contributed by atoms with van der Waals surface area (Å²) in [5.74, 6) is 0. The number of nitrogens with zero attached hydrogens (tertiary/aromatic N) is 3. The van der Waals surface area contributed by atoms with Crippen molar-refractivity contribution in [3.8, 4) is 0 Å². The molecule has 6 aliphatic rings. The van der Waals surface area contributed by atoms with Crippen molar-refractivity contribution in [2.24, 2.45) is 0 Å². The first kappa shape index (κ1) is 37.0. The van der Waals surface area contributed by atoms with Crippen LogP contribution in [0.15, 0.2) is 91.0 Å². The van der Waals surface area contributed by atoms with Crippen molar-refractivity contribution in [2.75, 3.05) is 32.9 Å². The van der Waals surface area contributed by atoms with E-state index in [2.05, 4.69) is 138 Å². The Kier molecular flexibility index (Phi) is 12.6. The molecule has 9 rings (SSSR count). The molecule has 49 heavy (non-hydrogen) atoms. The second-order valence-electron chi connectivity index (χ2n) is 14.3. The number of fused-ring (bicyclic) bond motifs is 3. The Bertz CT molecular complexity index is 1460. The van der Waals surface area contributed by atoms with E-state index >= 15 is 0 Å². The van der Waals surface area contributed by atoms with E-state index in [0.717, 1.165) is 26.8 Å². The van der Waals surface area contributed by atoms with Crippen molar-refractivity contribution >= 4 is 47.7 Å². The predicted octanol–water partition coefficient (Wildman–Crippen LogP) is 6.45. The summed E-state index contributed by atoms with van der Waals surface area (Å²) in [6, 6.07) is 33.9. The highest BCUT2D eigenvalue weighted by molar-refractivity contribution is 8.16. The van der Waals surface area contributed by atoms with Crippen molar-refractivity contribution in [2.45, 2.75) is 88.4 Å². The van der Waals surface area contributed by atoms with Gasteiger partial charge < -0.3 is 28.4 Å². The van der Waals surface area contributed by atoms with Gasteiger partial charge in [-0.05, 0) is 95.4 Å². The van der Waals surface area contributed by atoms with Crippen molar-refractivity contribution in [3.05, 3.63) is 108 Å². The first-order valence-corrected chi connectivity index (χ1v) is 21.1. The second-order valence-corrected chi connectivity index (χ2v) is 17.1. The van der Waals surface area contributed by atoms with Crippen LogP contribution in [0.25, 0.3) is 0 Å². The van der Waals surface area contributed by atoms with Gasteiger partial charge in [-0.1, -0.05) is 91.0 Å². The van der Waals surface area contributed by atoms with Gasteiger partial charge in [0.05, 0.1) is 18.8 Å². The Morgan fingerprint density at radius 3 is 1.86 bits per heavy atom. The van der Waals surface area contributed by atoms with Crippen LogP contribution in [0.4, 0.5) is 0 Å². The van der Waals surface area contributed by atoms with Crippen molar-refractivity contribution in [1.29, 1.82) is 0 Å². The van der Waals surface area contributed by atoms with Crippen LogP contribution in [-0.2, 0) is 37.0 Å². The van der Waals surface area contributed by atoms with Crippen LogP contribution in [-0.4, -0.2) is 94.7 Å². The molecule has 0 spiro atoms. The number of benzene rings is 3. The largest absolute Gasteiger partial charge is 0.459 e. The van der Waals surface area contributed by atoms with E-state index in [1.165, 1.54) is 68.3 Å². The standard InChI is InChI=1S/C18H20BNO.C12H16BNO.C6H12BNO.CH3BPS/c1-19-20-14-8-13-17(20)18(21-19,15-9-4-2-5-10-15)16-11-6-3-7-12-16;1-12(10-6-3-2-4-7-10)11-8-5-9-14(11)13-15-12;1-7-8-4-2-3-6(8)5-9-7;1-3(2)4/h2-7,9-12,17H,8,13-14H2,1H3;2-4,6-7,11,13H,5,8-9H2,1H3;6H,2-5H2,1H3;1H3/q;;;+1/t17-;11-,12?;6-;/m100./s1. The van der Waals surface area contributed by atoms with Crippen molar-refractivity contribution in [1.82, 2.24) is 14.4 Å². The number of hydrogen-bond acceptors (Lipinski definition) is 7. The fourth-order valence-electron chi connectivity index (χ4n) is 8.96. The fourth-order valence-corrected chi connectivity index (χ4v) is 8.96. The van der Waals surface area contributed by atoms with E-state index in [9.17, 15) is 0 Å². The molecule has 0 bridgehead atoms. The summed E-state index contributed by atoms with van der Waals surface area (Å²) in [7, 11) is 6.37. The van der Waals surface area contributed by atoms with Crippen molar-refractivity contribution in [3.63, 3.8) is 0 Å². The molecule has 6 heterocycles. The summed E-state index contributed by atoms with van der Waals surface area (Å²) in [5, 5.41) is 0. The second kappa shape index (κ2) is 16.7. The third-order valence-electron chi connectivity index (χ3n) is 11.3. The minimum atomic E-state index is -0.537. The van der Waals surface area contributed by atoms with Crippen LogP contribution in [0.5, 0.6) is 0 Å². The Morgan fingerprint density at radius 1 is 0.755 bits per heavy atom. The Morgan fingerprint density at radius 2 is 1.27 bits per heavy atom. The van der Waals surface area contributed by atoms with E-state index in [0.29, 0.717) is 19.1 Å². The molecule has 0 saturated carbocycles. The molecule has 6 saturated heterocycles. The molecule has 3 aromatic rings. The van der Waals surface area contributed by atoms with Gasteiger partial charge in [-0.15, -0.1) is 0 Å². The topological polar surface area (TPSA) is 37.4 Å². The zero-order valence-corrected chi connectivity index (χ0v) is 31.5. The third-order valence-corrected chi connectivity index (χ3v) is 11.3. The lowest BCUT2D eigenvalue weighted by atomic mass is 9.79. The normalized spacial score (nSPS) is 28.6. The van der Waals surface area contributed by atoms with Gasteiger partial charge in [-0.25, -0.2) is 0 Å². The molecule has 3 aromatic carbocycles. The van der Waals surface area contributed by atoms with Gasteiger partial charge >= 0.3 is 29.3 Å². The van der Waals surface area contributed by atoms with Gasteiger partial charge in [-0.2, -0.15) is 0 Å². The van der Waals surface area contributed by atoms with Gasteiger partial charge in [-0.3, -0.25) is 0 Å². The quantitative estimate of drug-likeness (QED) is 0.231.